The van der Waals surface area contributed by atoms with E-state index in [0.717, 1.165) is 0 Å². The minimum absolute atomic E-state index is 0.258. The van der Waals surface area contributed by atoms with E-state index in [2.05, 4.69) is 15.6 Å². The van der Waals surface area contributed by atoms with E-state index in [-0.39, 0.29) is 5.56 Å². The van der Waals surface area contributed by atoms with Crippen molar-refractivity contribution in [1.29, 1.82) is 0 Å². The maximum atomic E-state index is 12.2. The van der Waals surface area contributed by atoms with Crippen molar-refractivity contribution in [3.8, 4) is 0 Å². The first-order chi connectivity index (χ1) is 11.1. The van der Waals surface area contributed by atoms with Crippen LogP contribution in [0.3, 0.4) is 0 Å². The van der Waals surface area contributed by atoms with Gasteiger partial charge in [-0.2, -0.15) is 0 Å². The molecule has 3 amide bonds. The van der Waals surface area contributed by atoms with E-state index in [0.29, 0.717) is 5.56 Å². The Labute approximate surface area is 132 Å². The molecule has 1 aromatic heterocycles. The number of hydrogen-bond acceptors (Lipinski definition) is 5. The van der Waals surface area contributed by atoms with Crippen LogP contribution in [0.2, 0.25) is 0 Å². The van der Waals surface area contributed by atoms with Crippen LogP contribution >= 0.6 is 0 Å². The fraction of sp³-hybridized carbons (Fsp3) is 0.125. The topological polar surface area (TPSA) is 97.4 Å². The molecule has 0 aliphatic carbocycles. The Morgan fingerprint density at radius 1 is 1.04 bits per heavy atom. The molecule has 2 rings (SSSR count). The van der Waals surface area contributed by atoms with Gasteiger partial charge in [-0.1, -0.05) is 30.3 Å². The maximum absolute atomic E-state index is 12.2. The number of rotatable bonds is 4. The Bertz CT molecular complexity index is 689. The standard InChI is InChI=1S/C16H15N3O4/c1-17-16(22)19-14(20)13(11-5-3-2-4-6-11)23-15(21)12-7-9-18-10-8-12/h2-10,13H,1H3,(H2,17,19,20,22)/t13-/m1/s1. The number of nitrogens with one attached hydrogen (secondary N) is 2. The van der Waals surface area contributed by atoms with Gasteiger partial charge in [0.05, 0.1) is 5.56 Å². The van der Waals surface area contributed by atoms with Gasteiger partial charge in [0.25, 0.3) is 5.91 Å². The lowest BCUT2D eigenvalue weighted by molar-refractivity contribution is -0.129. The zero-order valence-corrected chi connectivity index (χ0v) is 12.4. The lowest BCUT2D eigenvalue weighted by Crippen LogP contribution is -2.41. The molecule has 1 heterocycles. The van der Waals surface area contributed by atoms with Crippen LogP contribution in [0.25, 0.3) is 0 Å². The monoisotopic (exact) mass is 313 g/mol. The normalized spacial score (nSPS) is 11.2. The molecule has 0 saturated carbocycles. The molecule has 0 aliphatic heterocycles. The molecular weight excluding hydrogens is 298 g/mol. The van der Waals surface area contributed by atoms with Crippen molar-refractivity contribution in [3.05, 3.63) is 66.0 Å². The van der Waals surface area contributed by atoms with Crippen LogP contribution in [0.5, 0.6) is 0 Å². The van der Waals surface area contributed by atoms with E-state index in [9.17, 15) is 14.4 Å². The van der Waals surface area contributed by atoms with Gasteiger partial charge in [0, 0.05) is 25.0 Å². The number of imide groups is 1. The summed E-state index contributed by atoms with van der Waals surface area (Å²) in [7, 11) is 1.38. The summed E-state index contributed by atoms with van der Waals surface area (Å²) in [5.74, 6) is -1.42. The molecule has 0 aliphatic rings. The molecule has 23 heavy (non-hydrogen) atoms. The third-order valence-electron chi connectivity index (χ3n) is 2.95. The Kier molecular flexibility index (Phi) is 5.40. The second-order valence-corrected chi connectivity index (χ2v) is 4.50. The second kappa shape index (κ2) is 7.69. The first-order valence-corrected chi connectivity index (χ1v) is 6.80. The molecule has 118 valence electrons. The van der Waals surface area contributed by atoms with Gasteiger partial charge < -0.3 is 10.1 Å². The first kappa shape index (κ1) is 16.2. The molecule has 0 spiro atoms. The van der Waals surface area contributed by atoms with Crippen molar-refractivity contribution in [1.82, 2.24) is 15.6 Å². The smallest absolute Gasteiger partial charge is 0.339 e. The third-order valence-corrected chi connectivity index (χ3v) is 2.95. The number of carbonyl (C=O) groups is 3. The highest BCUT2D eigenvalue weighted by molar-refractivity contribution is 5.99. The molecule has 7 nitrogen and oxygen atoms in total. The summed E-state index contributed by atoms with van der Waals surface area (Å²) in [4.78, 5) is 39.5. The Hall–Kier alpha value is -3.22. The molecule has 1 aromatic carbocycles. The van der Waals surface area contributed by atoms with Crippen molar-refractivity contribution in [2.75, 3.05) is 7.05 Å². The number of benzene rings is 1. The number of pyridine rings is 1. The minimum atomic E-state index is -1.24. The molecule has 2 aromatic rings. The van der Waals surface area contributed by atoms with Crippen LogP contribution in [0.15, 0.2) is 54.9 Å². The number of ether oxygens (including phenoxy) is 1. The van der Waals surface area contributed by atoms with Crippen molar-refractivity contribution in [2.45, 2.75) is 6.10 Å². The van der Waals surface area contributed by atoms with Gasteiger partial charge in [-0.3, -0.25) is 15.1 Å². The molecular formula is C16H15N3O4. The second-order valence-electron chi connectivity index (χ2n) is 4.50. The SMILES string of the molecule is CNC(=O)NC(=O)[C@H](OC(=O)c1ccncc1)c1ccccc1. The Morgan fingerprint density at radius 2 is 1.70 bits per heavy atom. The van der Waals surface area contributed by atoms with Crippen LogP contribution in [0, 0.1) is 0 Å². The van der Waals surface area contributed by atoms with Gasteiger partial charge in [0.2, 0.25) is 6.10 Å². The van der Waals surface area contributed by atoms with Crippen molar-refractivity contribution in [2.24, 2.45) is 0 Å². The maximum Gasteiger partial charge on any atom is 0.339 e. The van der Waals surface area contributed by atoms with Crippen LogP contribution in [-0.4, -0.2) is 29.9 Å². The third kappa shape index (κ3) is 4.37. The van der Waals surface area contributed by atoms with Crippen LogP contribution in [0.1, 0.15) is 22.0 Å². The summed E-state index contributed by atoms with van der Waals surface area (Å²) < 4.78 is 5.27. The zero-order chi connectivity index (χ0) is 16.7. The van der Waals surface area contributed by atoms with E-state index in [1.54, 1.807) is 30.3 Å². The first-order valence-electron chi connectivity index (χ1n) is 6.80. The summed E-state index contributed by atoms with van der Waals surface area (Å²) in [5, 5.41) is 4.37. The van der Waals surface area contributed by atoms with E-state index in [4.69, 9.17) is 4.74 Å². The van der Waals surface area contributed by atoms with Crippen molar-refractivity contribution < 1.29 is 19.1 Å². The lowest BCUT2D eigenvalue weighted by atomic mass is 10.1. The summed E-state index contributed by atoms with van der Waals surface area (Å²) in [6.45, 7) is 0. The summed E-state index contributed by atoms with van der Waals surface area (Å²) in [5.41, 5.74) is 0.713. The number of urea groups is 1. The number of carbonyl (C=O) groups excluding carboxylic acids is 3. The molecule has 2 N–H and O–H groups in total. The number of amides is 3. The molecule has 1 atom stereocenters. The van der Waals surface area contributed by atoms with E-state index < -0.39 is 24.0 Å². The zero-order valence-electron chi connectivity index (χ0n) is 12.4. The number of aromatic nitrogens is 1. The molecule has 0 saturated heterocycles. The van der Waals surface area contributed by atoms with Crippen molar-refractivity contribution in [3.63, 3.8) is 0 Å². The predicted molar refractivity (Wildman–Crippen MR) is 81.4 cm³/mol. The van der Waals surface area contributed by atoms with Gasteiger partial charge in [0.1, 0.15) is 0 Å². The number of hydrogen-bond donors (Lipinski definition) is 2. The van der Waals surface area contributed by atoms with Gasteiger partial charge in [0.15, 0.2) is 0 Å². The van der Waals surface area contributed by atoms with Gasteiger partial charge in [-0.15, -0.1) is 0 Å². The molecule has 7 heteroatoms. The predicted octanol–water partition coefficient (Wildman–Crippen LogP) is 1.44. The highest BCUT2D eigenvalue weighted by Gasteiger charge is 2.26. The van der Waals surface area contributed by atoms with E-state index >= 15 is 0 Å². The largest absolute Gasteiger partial charge is 0.444 e. The lowest BCUT2D eigenvalue weighted by Gasteiger charge is -2.17. The molecule has 0 bridgehead atoms. The summed E-state index contributed by atoms with van der Waals surface area (Å²) in [6.07, 6.45) is 1.64. The highest BCUT2D eigenvalue weighted by atomic mass is 16.5. The average molecular weight is 313 g/mol. The molecule has 0 fully saturated rings. The average Bonchev–Trinajstić information content (AvgIpc) is 2.60. The fourth-order valence-electron chi connectivity index (χ4n) is 1.80. The summed E-state index contributed by atoms with van der Waals surface area (Å²) >= 11 is 0. The van der Waals surface area contributed by atoms with E-state index in [1.165, 1.54) is 31.6 Å². The highest BCUT2D eigenvalue weighted by Crippen LogP contribution is 2.19. The molecule has 0 radical (unpaired) electrons. The quantitative estimate of drug-likeness (QED) is 0.832. The van der Waals surface area contributed by atoms with Crippen molar-refractivity contribution >= 4 is 17.9 Å². The van der Waals surface area contributed by atoms with Gasteiger partial charge in [-0.05, 0) is 12.1 Å². The van der Waals surface area contributed by atoms with Crippen LogP contribution in [0.4, 0.5) is 4.79 Å². The Morgan fingerprint density at radius 3 is 2.30 bits per heavy atom. The van der Waals surface area contributed by atoms with Crippen LogP contribution in [-0.2, 0) is 9.53 Å². The van der Waals surface area contributed by atoms with Gasteiger partial charge >= 0.3 is 12.0 Å². The number of nitrogens with zero attached hydrogens (tertiary/aromatic N) is 1. The van der Waals surface area contributed by atoms with Crippen LogP contribution < -0.4 is 10.6 Å². The fourth-order valence-corrected chi connectivity index (χ4v) is 1.80. The number of esters is 1. The minimum Gasteiger partial charge on any atom is -0.444 e. The van der Waals surface area contributed by atoms with Gasteiger partial charge in [-0.25, -0.2) is 9.59 Å². The molecule has 0 unspecified atom stereocenters. The van der Waals surface area contributed by atoms with E-state index in [1.807, 2.05) is 0 Å². The summed E-state index contributed by atoms with van der Waals surface area (Å²) in [6, 6.07) is 10.7. The Balaban J connectivity index is 2.22.